The molecular weight excluding hydrogens is 381 g/mol. The molecule has 8 heteroatoms. The Morgan fingerprint density at radius 1 is 0.960 bits per heavy atom. The van der Waals surface area contributed by atoms with Crippen LogP contribution < -0.4 is 0 Å². The molecule has 1 fully saturated rings. The molecule has 0 amide bonds. The molecule has 0 bridgehead atoms. The molecule has 1 aromatic carbocycles. The molecule has 1 aliphatic rings. The van der Waals surface area contributed by atoms with Crippen LogP contribution in [0.3, 0.4) is 0 Å². The van der Waals surface area contributed by atoms with E-state index in [1.807, 2.05) is 12.1 Å². The van der Waals surface area contributed by atoms with Gasteiger partial charge in [0, 0.05) is 16.7 Å². The zero-order valence-corrected chi connectivity index (χ0v) is 15.7. The van der Waals surface area contributed by atoms with Gasteiger partial charge in [-0.3, -0.25) is 4.90 Å². The van der Waals surface area contributed by atoms with E-state index in [1.54, 1.807) is 16.6 Å². The molecule has 5 nitrogen and oxygen atoms in total. The predicted octanol–water partition coefficient (Wildman–Crippen LogP) is 4.74. The van der Waals surface area contributed by atoms with Crippen LogP contribution in [0.15, 0.2) is 24.3 Å². The summed E-state index contributed by atoms with van der Waals surface area (Å²) in [5, 5.41) is 5.85. The van der Waals surface area contributed by atoms with E-state index >= 15 is 0 Å². The van der Waals surface area contributed by atoms with Crippen LogP contribution in [0.25, 0.3) is 16.9 Å². The van der Waals surface area contributed by atoms with Gasteiger partial charge in [0.15, 0.2) is 11.5 Å². The third-order valence-corrected chi connectivity index (χ3v) is 5.14. The molecule has 25 heavy (non-hydrogen) atoms. The van der Waals surface area contributed by atoms with E-state index in [0.29, 0.717) is 21.4 Å². The number of hydrogen-bond acceptors (Lipinski definition) is 4. The highest BCUT2D eigenvalue weighted by Crippen LogP contribution is 2.30. The fourth-order valence-electron chi connectivity index (χ4n) is 3.12. The molecule has 2 aromatic heterocycles. The molecule has 1 aliphatic heterocycles. The highest BCUT2D eigenvalue weighted by atomic mass is 35.5. The van der Waals surface area contributed by atoms with Gasteiger partial charge in [-0.25, -0.2) is 9.97 Å². The van der Waals surface area contributed by atoms with Crippen LogP contribution in [0, 0.1) is 0 Å². The number of rotatable bonds is 3. The van der Waals surface area contributed by atoms with Gasteiger partial charge < -0.3 is 0 Å². The van der Waals surface area contributed by atoms with Crippen molar-refractivity contribution in [1.29, 1.82) is 0 Å². The van der Waals surface area contributed by atoms with Crippen LogP contribution in [0.1, 0.15) is 25.1 Å². The average molecular weight is 397 g/mol. The second-order valence-electron chi connectivity index (χ2n) is 6.17. The van der Waals surface area contributed by atoms with Crippen LogP contribution >= 0.6 is 34.8 Å². The van der Waals surface area contributed by atoms with Crippen molar-refractivity contribution < 1.29 is 0 Å². The molecule has 0 aliphatic carbocycles. The van der Waals surface area contributed by atoms with Gasteiger partial charge >= 0.3 is 0 Å². The maximum Gasteiger partial charge on any atom is 0.226 e. The van der Waals surface area contributed by atoms with Crippen molar-refractivity contribution in [3.63, 3.8) is 0 Å². The maximum atomic E-state index is 6.32. The van der Waals surface area contributed by atoms with Gasteiger partial charge in [-0.05, 0) is 55.7 Å². The maximum absolute atomic E-state index is 6.32. The molecule has 3 aromatic rings. The summed E-state index contributed by atoms with van der Waals surface area (Å²) in [5.74, 6) is 0.755. The lowest BCUT2D eigenvalue weighted by atomic mass is 10.1. The zero-order chi connectivity index (χ0) is 17.4. The lowest BCUT2D eigenvalue weighted by molar-refractivity contribution is 0.216. The van der Waals surface area contributed by atoms with E-state index in [9.17, 15) is 0 Å². The van der Waals surface area contributed by atoms with E-state index in [2.05, 4.69) is 20.0 Å². The fourth-order valence-corrected chi connectivity index (χ4v) is 3.84. The summed E-state index contributed by atoms with van der Waals surface area (Å²) in [6, 6.07) is 7.12. The van der Waals surface area contributed by atoms with Crippen molar-refractivity contribution in [3.8, 4) is 11.3 Å². The Bertz CT molecular complexity index is 918. The lowest BCUT2D eigenvalue weighted by Crippen LogP contribution is -2.29. The second-order valence-corrected chi connectivity index (χ2v) is 7.35. The first kappa shape index (κ1) is 17.0. The van der Waals surface area contributed by atoms with Gasteiger partial charge in [-0.15, -0.1) is 5.10 Å². The summed E-state index contributed by atoms with van der Waals surface area (Å²) in [6.07, 6.45) is 3.76. The normalized spacial score (nSPS) is 15.8. The van der Waals surface area contributed by atoms with Crippen LogP contribution in [-0.4, -0.2) is 37.6 Å². The SMILES string of the molecule is Clc1ccc(-c2cc3nc(CN4CCCCC4)nn3c(Cl)n2)c(Cl)c1. The number of aromatic nitrogens is 4. The Hall–Kier alpha value is -1.40. The Morgan fingerprint density at radius 2 is 1.76 bits per heavy atom. The molecule has 130 valence electrons. The summed E-state index contributed by atoms with van der Waals surface area (Å²) in [7, 11) is 0. The second kappa shape index (κ2) is 7.08. The van der Waals surface area contributed by atoms with Crippen LogP contribution in [0.2, 0.25) is 15.3 Å². The summed E-state index contributed by atoms with van der Waals surface area (Å²) in [6.45, 7) is 2.91. The first-order valence-corrected chi connectivity index (χ1v) is 9.33. The Kier molecular flexibility index (Phi) is 4.82. The van der Waals surface area contributed by atoms with Crippen molar-refractivity contribution in [2.45, 2.75) is 25.8 Å². The number of piperidine rings is 1. The van der Waals surface area contributed by atoms with E-state index < -0.39 is 0 Å². The van der Waals surface area contributed by atoms with Crippen molar-refractivity contribution >= 4 is 40.4 Å². The van der Waals surface area contributed by atoms with Gasteiger partial charge in [0.25, 0.3) is 0 Å². The van der Waals surface area contributed by atoms with Crippen LogP contribution in [-0.2, 0) is 6.54 Å². The number of fused-ring (bicyclic) bond motifs is 1. The monoisotopic (exact) mass is 395 g/mol. The Labute approximate surface area is 160 Å². The van der Waals surface area contributed by atoms with Crippen LogP contribution in [0.5, 0.6) is 0 Å². The number of nitrogens with zero attached hydrogens (tertiary/aromatic N) is 5. The third kappa shape index (κ3) is 3.60. The molecule has 0 radical (unpaired) electrons. The molecule has 0 atom stereocenters. The molecular formula is C17H16Cl3N5. The van der Waals surface area contributed by atoms with Crippen molar-refractivity contribution in [2.24, 2.45) is 0 Å². The minimum atomic E-state index is 0.260. The first-order chi connectivity index (χ1) is 12.1. The summed E-state index contributed by atoms with van der Waals surface area (Å²) >= 11 is 18.6. The van der Waals surface area contributed by atoms with E-state index in [1.165, 1.54) is 19.3 Å². The minimum absolute atomic E-state index is 0.260. The topological polar surface area (TPSA) is 46.3 Å². The van der Waals surface area contributed by atoms with Gasteiger partial charge in [0.2, 0.25) is 5.28 Å². The van der Waals surface area contributed by atoms with E-state index in [-0.39, 0.29) is 5.28 Å². The quantitative estimate of drug-likeness (QED) is 0.600. The molecule has 0 unspecified atom stereocenters. The minimum Gasteiger partial charge on any atom is -0.296 e. The van der Waals surface area contributed by atoms with E-state index in [0.717, 1.165) is 31.0 Å². The van der Waals surface area contributed by atoms with Gasteiger partial charge in [-0.1, -0.05) is 29.6 Å². The molecule has 3 heterocycles. The number of hydrogen-bond donors (Lipinski definition) is 0. The van der Waals surface area contributed by atoms with Crippen molar-refractivity contribution in [1.82, 2.24) is 24.5 Å². The van der Waals surface area contributed by atoms with Crippen LogP contribution in [0.4, 0.5) is 0 Å². The fraction of sp³-hybridized carbons (Fsp3) is 0.353. The molecule has 0 N–H and O–H groups in total. The average Bonchev–Trinajstić information content (AvgIpc) is 2.99. The van der Waals surface area contributed by atoms with E-state index in [4.69, 9.17) is 34.8 Å². The van der Waals surface area contributed by atoms with Gasteiger partial charge in [-0.2, -0.15) is 4.52 Å². The number of benzene rings is 1. The standard InChI is InChI=1S/C17H16Cl3N5/c18-11-4-5-12(13(19)8-11)14-9-16-22-15(23-25(16)17(20)21-14)10-24-6-2-1-3-7-24/h4-5,8-9H,1-3,6-7,10H2. The molecule has 0 saturated carbocycles. The molecule has 4 rings (SSSR count). The predicted molar refractivity (Wildman–Crippen MR) is 100 cm³/mol. The largest absolute Gasteiger partial charge is 0.296 e. The molecule has 0 spiro atoms. The highest BCUT2D eigenvalue weighted by Gasteiger charge is 2.16. The van der Waals surface area contributed by atoms with Crippen molar-refractivity contribution in [3.05, 3.63) is 45.4 Å². The molecule has 1 saturated heterocycles. The summed E-state index contributed by atoms with van der Waals surface area (Å²) in [4.78, 5) is 11.4. The third-order valence-electron chi connectivity index (χ3n) is 4.35. The lowest BCUT2D eigenvalue weighted by Gasteiger charge is -2.24. The number of halogens is 3. The Morgan fingerprint density at radius 3 is 2.52 bits per heavy atom. The first-order valence-electron chi connectivity index (χ1n) is 8.20. The highest BCUT2D eigenvalue weighted by molar-refractivity contribution is 6.36. The van der Waals surface area contributed by atoms with Gasteiger partial charge in [0.05, 0.1) is 17.3 Å². The smallest absolute Gasteiger partial charge is 0.226 e. The van der Waals surface area contributed by atoms with Crippen molar-refractivity contribution in [2.75, 3.05) is 13.1 Å². The summed E-state index contributed by atoms with van der Waals surface area (Å²) in [5.41, 5.74) is 2.07. The summed E-state index contributed by atoms with van der Waals surface area (Å²) < 4.78 is 1.56. The number of likely N-dealkylation sites (tertiary alicyclic amines) is 1. The van der Waals surface area contributed by atoms with Gasteiger partial charge in [0.1, 0.15) is 0 Å². The zero-order valence-electron chi connectivity index (χ0n) is 13.4. The Balaban J connectivity index is 1.69.